The minimum atomic E-state index is -3.08. The number of hydrogen-bond donors (Lipinski definition) is 1. The first-order chi connectivity index (χ1) is 7.43. The van der Waals surface area contributed by atoms with Gasteiger partial charge in [-0.15, -0.1) is 0 Å². The molecule has 1 rings (SSSR count). The first-order valence-electron chi connectivity index (χ1n) is 5.08. The molecule has 1 atom stereocenters. The van der Waals surface area contributed by atoms with E-state index in [2.05, 4.69) is 0 Å². The topological polar surface area (TPSA) is 60.2 Å². The highest BCUT2D eigenvalue weighted by molar-refractivity contribution is 7.90. The fourth-order valence-electron chi connectivity index (χ4n) is 1.40. The lowest BCUT2D eigenvalue weighted by Gasteiger charge is -2.09. The van der Waals surface area contributed by atoms with Gasteiger partial charge in [-0.2, -0.15) is 0 Å². The molecule has 0 spiro atoms. The third-order valence-electron chi connectivity index (χ3n) is 2.24. The van der Waals surface area contributed by atoms with E-state index in [1.165, 1.54) is 0 Å². The Labute approximate surface area is 102 Å². The van der Waals surface area contributed by atoms with Crippen molar-refractivity contribution < 1.29 is 8.42 Å². The largest absolute Gasteiger partial charge is 0.330 e. The molecular formula is C11H16ClNO2S. The van der Waals surface area contributed by atoms with Crippen LogP contribution in [0.1, 0.15) is 12.5 Å². The third-order valence-corrected chi connectivity index (χ3v) is 4.34. The number of benzene rings is 1. The summed E-state index contributed by atoms with van der Waals surface area (Å²) in [6, 6.07) is 6.84. The van der Waals surface area contributed by atoms with Gasteiger partial charge in [0.25, 0.3) is 0 Å². The van der Waals surface area contributed by atoms with Crippen molar-refractivity contribution in [2.75, 3.05) is 12.3 Å². The summed E-state index contributed by atoms with van der Waals surface area (Å²) in [5, 5.41) is 0.608. The number of rotatable bonds is 5. The smallest absolute Gasteiger partial charge is 0.154 e. The average Bonchev–Trinajstić information content (AvgIpc) is 2.20. The van der Waals surface area contributed by atoms with Crippen LogP contribution in [0.25, 0.3) is 0 Å². The molecule has 2 N–H and O–H groups in total. The van der Waals surface area contributed by atoms with Gasteiger partial charge in [-0.1, -0.05) is 30.7 Å². The maximum atomic E-state index is 11.8. The van der Waals surface area contributed by atoms with Crippen molar-refractivity contribution >= 4 is 21.4 Å². The second kappa shape index (κ2) is 5.66. The highest BCUT2D eigenvalue weighted by Crippen LogP contribution is 2.13. The second-order valence-corrected chi connectivity index (χ2v) is 6.57. The van der Waals surface area contributed by atoms with Crippen LogP contribution in [0.3, 0.4) is 0 Å². The van der Waals surface area contributed by atoms with E-state index >= 15 is 0 Å². The molecule has 0 heterocycles. The molecule has 0 bridgehead atoms. The summed E-state index contributed by atoms with van der Waals surface area (Å²) in [7, 11) is -3.08. The molecular weight excluding hydrogens is 246 g/mol. The zero-order chi connectivity index (χ0) is 12.2. The van der Waals surface area contributed by atoms with E-state index in [-0.39, 0.29) is 17.4 Å². The fourth-order valence-corrected chi connectivity index (χ4v) is 3.34. The van der Waals surface area contributed by atoms with Crippen molar-refractivity contribution in [3.8, 4) is 0 Å². The molecule has 1 aromatic carbocycles. The molecule has 90 valence electrons. The average molecular weight is 262 g/mol. The number of hydrogen-bond acceptors (Lipinski definition) is 3. The van der Waals surface area contributed by atoms with Crippen molar-refractivity contribution in [1.29, 1.82) is 0 Å². The Morgan fingerprint density at radius 3 is 2.38 bits per heavy atom. The van der Waals surface area contributed by atoms with Crippen LogP contribution in [0.5, 0.6) is 0 Å². The molecule has 16 heavy (non-hydrogen) atoms. The summed E-state index contributed by atoms with van der Waals surface area (Å²) in [5.74, 6) is 0.179. The molecule has 0 aromatic heterocycles. The molecule has 1 aromatic rings. The Balaban J connectivity index is 2.69. The third kappa shape index (κ3) is 4.51. The van der Waals surface area contributed by atoms with Crippen LogP contribution in [0.15, 0.2) is 24.3 Å². The Hall–Kier alpha value is -0.580. The van der Waals surface area contributed by atoms with Crippen LogP contribution in [0.2, 0.25) is 5.02 Å². The zero-order valence-electron chi connectivity index (χ0n) is 9.19. The summed E-state index contributed by atoms with van der Waals surface area (Å²) in [4.78, 5) is 0. The summed E-state index contributed by atoms with van der Waals surface area (Å²) in [6.45, 7) is 2.22. The Kier molecular flexibility index (Phi) is 4.77. The Morgan fingerprint density at radius 2 is 1.88 bits per heavy atom. The van der Waals surface area contributed by atoms with Gasteiger partial charge < -0.3 is 5.73 Å². The molecule has 5 heteroatoms. The van der Waals surface area contributed by atoms with Gasteiger partial charge in [0, 0.05) is 5.02 Å². The lowest BCUT2D eigenvalue weighted by Crippen LogP contribution is -2.22. The predicted octanol–water partition coefficient (Wildman–Crippen LogP) is 1.85. The maximum absolute atomic E-state index is 11.8. The molecule has 0 fully saturated rings. The zero-order valence-corrected chi connectivity index (χ0v) is 10.8. The van der Waals surface area contributed by atoms with Crippen LogP contribution in [-0.4, -0.2) is 20.7 Å². The van der Waals surface area contributed by atoms with Gasteiger partial charge in [-0.3, -0.25) is 0 Å². The van der Waals surface area contributed by atoms with Gasteiger partial charge >= 0.3 is 0 Å². The van der Waals surface area contributed by atoms with E-state index < -0.39 is 9.84 Å². The van der Waals surface area contributed by atoms with E-state index in [0.29, 0.717) is 11.6 Å². The lowest BCUT2D eigenvalue weighted by atomic mass is 10.2. The summed E-state index contributed by atoms with van der Waals surface area (Å²) >= 11 is 5.72. The first-order valence-corrected chi connectivity index (χ1v) is 7.28. The standard InChI is InChI=1S/C11H16ClNO2S/c1-9(6-13)7-16(14,15)8-10-2-4-11(12)5-3-10/h2-5,9H,6-8,13H2,1H3. The minimum Gasteiger partial charge on any atom is -0.330 e. The van der Waals surface area contributed by atoms with Gasteiger partial charge in [0.2, 0.25) is 0 Å². The van der Waals surface area contributed by atoms with Crippen molar-refractivity contribution in [3.63, 3.8) is 0 Å². The van der Waals surface area contributed by atoms with Crippen LogP contribution in [0.4, 0.5) is 0 Å². The molecule has 0 aliphatic heterocycles. The van der Waals surface area contributed by atoms with Gasteiger partial charge in [-0.25, -0.2) is 8.42 Å². The molecule has 0 aliphatic rings. The predicted molar refractivity (Wildman–Crippen MR) is 67.2 cm³/mol. The van der Waals surface area contributed by atoms with E-state index in [4.69, 9.17) is 17.3 Å². The molecule has 0 aliphatic carbocycles. The molecule has 1 unspecified atom stereocenters. The monoisotopic (exact) mass is 261 g/mol. The van der Waals surface area contributed by atoms with Gasteiger partial charge in [0.15, 0.2) is 9.84 Å². The normalized spacial score (nSPS) is 13.7. The molecule has 3 nitrogen and oxygen atoms in total. The highest BCUT2D eigenvalue weighted by Gasteiger charge is 2.15. The Bertz CT molecular complexity index is 428. The van der Waals surface area contributed by atoms with E-state index in [9.17, 15) is 8.42 Å². The van der Waals surface area contributed by atoms with Gasteiger partial charge in [0.05, 0.1) is 11.5 Å². The number of halogens is 1. The molecule has 0 saturated carbocycles. The summed E-state index contributed by atoms with van der Waals surface area (Å²) in [5.41, 5.74) is 6.17. The number of nitrogens with two attached hydrogens (primary N) is 1. The number of sulfone groups is 1. The van der Waals surface area contributed by atoms with Crippen molar-refractivity contribution in [1.82, 2.24) is 0 Å². The minimum absolute atomic E-state index is 0.00250. The van der Waals surface area contributed by atoms with Crippen LogP contribution < -0.4 is 5.73 Å². The molecule has 0 amide bonds. The van der Waals surface area contributed by atoms with E-state index in [0.717, 1.165) is 5.56 Å². The first kappa shape index (κ1) is 13.5. The maximum Gasteiger partial charge on any atom is 0.154 e. The molecule has 0 radical (unpaired) electrons. The Morgan fingerprint density at radius 1 is 1.31 bits per heavy atom. The van der Waals surface area contributed by atoms with Gasteiger partial charge in [-0.05, 0) is 30.2 Å². The van der Waals surface area contributed by atoms with E-state index in [1.807, 2.05) is 6.92 Å². The van der Waals surface area contributed by atoms with Gasteiger partial charge in [0.1, 0.15) is 0 Å². The summed E-state index contributed by atoms with van der Waals surface area (Å²) in [6.07, 6.45) is 0. The molecule has 0 saturated heterocycles. The highest BCUT2D eigenvalue weighted by atomic mass is 35.5. The van der Waals surface area contributed by atoms with Crippen molar-refractivity contribution in [2.45, 2.75) is 12.7 Å². The summed E-state index contributed by atoms with van der Waals surface area (Å²) < 4.78 is 23.5. The van der Waals surface area contributed by atoms with Crippen LogP contribution >= 0.6 is 11.6 Å². The van der Waals surface area contributed by atoms with Crippen LogP contribution in [0, 0.1) is 5.92 Å². The SMILES string of the molecule is CC(CN)CS(=O)(=O)Cc1ccc(Cl)cc1. The van der Waals surface area contributed by atoms with E-state index in [1.54, 1.807) is 24.3 Å². The van der Waals surface area contributed by atoms with Crippen molar-refractivity contribution in [2.24, 2.45) is 11.7 Å². The van der Waals surface area contributed by atoms with Crippen LogP contribution in [-0.2, 0) is 15.6 Å². The second-order valence-electron chi connectivity index (χ2n) is 4.02. The quantitative estimate of drug-likeness (QED) is 0.880. The fraction of sp³-hybridized carbons (Fsp3) is 0.455. The van der Waals surface area contributed by atoms with Crippen molar-refractivity contribution in [3.05, 3.63) is 34.9 Å². The lowest BCUT2D eigenvalue weighted by molar-refractivity contribution is 0.573.